The summed E-state index contributed by atoms with van der Waals surface area (Å²) in [5.74, 6) is -0.779. The van der Waals surface area contributed by atoms with Crippen molar-refractivity contribution in [2.24, 2.45) is 0 Å². The molecule has 2 heterocycles. The number of benzene rings is 4. The minimum absolute atomic E-state index is 0.0901. The molecule has 1 aliphatic heterocycles. The summed E-state index contributed by atoms with van der Waals surface area (Å²) >= 11 is 0. The summed E-state index contributed by atoms with van der Waals surface area (Å²) in [4.78, 5) is 29.5. The molecule has 1 aliphatic rings. The van der Waals surface area contributed by atoms with Gasteiger partial charge in [-0.05, 0) is 48.7 Å². The zero-order chi connectivity index (χ0) is 26.9. The molecule has 5 heteroatoms. The van der Waals surface area contributed by atoms with Crippen LogP contribution in [0.2, 0.25) is 0 Å². The monoisotopic (exact) mass is 513 g/mol. The standard InChI is InChI=1S/C34H31N3O2/c1-3-36-29-17-11-10-16-27(29)28-21-26(18-19-30(28)36)35-33(38)31-20-23(2)22-37(31)34(39)32(24-12-6-4-7-13-24)25-14-8-5-9-15-25/h4-19,21,31-32H,2-3,20,22H2,1H3,(H,35,38). The lowest BCUT2D eigenvalue weighted by Crippen LogP contribution is -2.45. The Morgan fingerprint density at radius 1 is 0.846 bits per heavy atom. The molecule has 0 bridgehead atoms. The van der Waals surface area contributed by atoms with Gasteiger partial charge in [0.15, 0.2) is 0 Å². The summed E-state index contributed by atoms with van der Waals surface area (Å²) < 4.78 is 2.28. The summed E-state index contributed by atoms with van der Waals surface area (Å²) in [7, 11) is 0. The molecule has 1 N–H and O–H groups in total. The molecule has 0 saturated carbocycles. The number of nitrogens with one attached hydrogen (secondary N) is 1. The second kappa shape index (κ2) is 10.3. The molecule has 1 aromatic heterocycles. The summed E-state index contributed by atoms with van der Waals surface area (Å²) in [6.45, 7) is 7.51. The van der Waals surface area contributed by atoms with Crippen LogP contribution in [0.5, 0.6) is 0 Å². The Morgan fingerprint density at radius 2 is 1.46 bits per heavy atom. The Hall–Kier alpha value is -4.64. The van der Waals surface area contributed by atoms with Crippen molar-refractivity contribution in [3.63, 3.8) is 0 Å². The molecular weight excluding hydrogens is 482 g/mol. The van der Waals surface area contributed by atoms with Gasteiger partial charge < -0.3 is 14.8 Å². The van der Waals surface area contributed by atoms with Crippen molar-refractivity contribution < 1.29 is 9.59 Å². The highest BCUT2D eigenvalue weighted by Gasteiger charge is 2.39. The van der Waals surface area contributed by atoms with E-state index in [-0.39, 0.29) is 11.8 Å². The first kappa shape index (κ1) is 24.7. The van der Waals surface area contributed by atoms with E-state index in [9.17, 15) is 9.59 Å². The Morgan fingerprint density at radius 3 is 2.13 bits per heavy atom. The normalized spacial score (nSPS) is 15.4. The van der Waals surface area contributed by atoms with E-state index in [2.05, 4.69) is 41.6 Å². The maximum absolute atomic E-state index is 14.1. The lowest BCUT2D eigenvalue weighted by atomic mass is 9.90. The first-order valence-corrected chi connectivity index (χ1v) is 13.4. The third kappa shape index (κ3) is 4.50. The predicted molar refractivity (Wildman–Crippen MR) is 158 cm³/mol. The number of likely N-dealkylation sites (tertiary alicyclic amines) is 1. The van der Waals surface area contributed by atoms with E-state index in [1.165, 1.54) is 5.52 Å². The van der Waals surface area contributed by atoms with E-state index in [1.54, 1.807) is 4.90 Å². The number of aryl methyl sites for hydroxylation is 1. The average Bonchev–Trinajstić information content (AvgIpc) is 3.52. The Labute approximate surface area is 228 Å². The van der Waals surface area contributed by atoms with Crippen LogP contribution in [-0.4, -0.2) is 33.9 Å². The molecule has 1 saturated heterocycles. The molecule has 1 unspecified atom stereocenters. The van der Waals surface area contributed by atoms with Crippen LogP contribution >= 0.6 is 0 Å². The quantitative estimate of drug-likeness (QED) is 0.256. The molecule has 194 valence electrons. The first-order chi connectivity index (χ1) is 19.0. The number of carbonyl (C=O) groups excluding carboxylic acids is 2. The zero-order valence-electron chi connectivity index (χ0n) is 22.0. The van der Waals surface area contributed by atoms with Gasteiger partial charge in [0.1, 0.15) is 6.04 Å². The van der Waals surface area contributed by atoms with Gasteiger partial charge in [-0.2, -0.15) is 0 Å². The highest BCUT2D eigenvalue weighted by molar-refractivity contribution is 6.10. The van der Waals surface area contributed by atoms with Crippen LogP contribution < -0.4 is 5.32 Å². The van der Waals surface area contributed by atoms with Crippen molar-refractivity contribution >= 4 is 39.3 Å². The molecule has 39 heavy (non-hydrogen) atoms. The van der Waals surface area contributed by atoms with Gasteiger partial charge >= 0.3 is 0 Å². The van der Waals surface area contributed by atoms with Crippen molar-refractivity contribution in [1.29, 1.82) is 0 Å². The van der Waals surface area contributed by atoms with Gasteiger partial charge in [-0.25, -0.2) is 0 Å². The van der Waals surface area contributed by atoms with Crippen molar-refractivity contribution in [1.82, 2.24) is 9.47 Å². The molecule has 0 spiro atoms. The van der Waals surface area contributed by atoms with E-state index >= 15 is 0 Å². The third-order valence-corrected chi connectivity index (χ3v) is 7.71. The van der Waals surface area contributed by atoms with Crippen molar-refractivity contribution in [2.75, 3.05) is 11.9 Å². The number of anilines is 1. The van der Waals surface area contributed by atoms with Crippen LogP contribution in [0.25, 0.3) is 21.8 Å². The molecule has 1 fully saturated rings. The van der Waals surface area contributed by atoms with Crippen LogP contribution in [0.3, 0.4) is 0 Å². The minimum Gasteiger partial charge on any atom is -0.341 e. The number of hydrogen-bond donors (Lipinski definition) is 1. The SMILES string of the molecule is C=C1CC(C(=O)Nc2ccc3c(c2)c2ccccc2n3CC)N(C(=O)C(c2ccccc2)c2ccccc2)C1. The fourth-order valence-corrected chi connectivity index (χ4v) is 5.90. The molecule has 6 rings (SSSR count). The van der Waals surface area contributed by atoms with E-state index < -0.39 is 12.0 Å². The summed E-state index contributed by atoms with van der Waals surface area (Å²) in [6.07, 6.45) is 0.450. The molecule has 0 radical (unpaired) electrons. The molecule has 1 atom stereocenters. The number of hydrogen-bond acceptors (Lipinski definition) is 2. The zero-order valence-corrected chi connectivity index (χ0v) is 22.0. The van der Waals surface area contributed by atoms with E-state index in [0.29, 0.717) is 13.0 Å². The lowest BCUT2D eigenvalue weighted by molar-refractivity contribution is -0.137. The summed E-state index contributed by atoms with van der Waals surface area (Å²) in [5, 5.41) is 5.37. The molecule has 4 aromatic carbocycles. The van der Waals surface area contributed by atoms with Crippen LogP contribution in [0.1, 0.15) is 30.4 Å². The number of aromatic nitrogens is 1. The smallest absolute Gasteiger partial charge is 0.247 e. The largest absolute Gasteiger partial charge is 0.341 e. The summed E-state index contributed by atoms with van der Waals surface area (Å²) in [5.41, 5.74) is 5.72. The van der Waals surface area contributed by atoms with Gasteiger partial charge in [0, 0.05) is 40.6 Å². The van der Waals surface area contributed by atoms with Crippen LogP contribution in [-0.2, 0) is 16.1 Å². The van der Waals surface area contributed by atoms with Gasteiger partial charge in [0.05, 0.1) is 5.92 Å². The van der Waals surface area contributed by atoms with Crippen LogP contribution in [0.4, 0.5) is 5.69 Å². The third-order valence-electron chi connectivity index (χ3n) is 7.71. The van der Waals surface area contributed by atoms with E-state index in [1.807, 2.05) is 84.9 Å². The van der Waals surface area contributed by atoms with Crippen molar-refractivity contribution in [3.8, 4) is 0 Å². The van der Waals surface area contributed by atoms with Gasteiger partial charge in [-0.15, -0.1) is 0 Å². The van der Waals surface area contributed by atoms with Gasteiger partial charge in [-0.3, -0.25) is 9.59 Å². The minimum atomic E-state index is -0.618. The highest BCUT2D eigenvalue weighted by atomic mass is 16.2. The topological polar surface area (TPSA) is 54.3 Å². The van der Waals surface area contributed by atoms with E-state index in [0.717, 1.165) is 45.2 Å². The number of carbonyl (C=O) groups is 2. The fourth-order valence-electron chi connectivity index (χ4n) is 5.90. The molecule has 0 aliphatic carbocycles. The van der Waals surface area contributed by atoms with Crippen molar-refractivity contribution in [2.45, 2.75) is 31.8 Å². The van der Waals surface area contributed by atoms with Gasteiger partial charge in [0.2, 0.25) is 11.8 Å². The van der Waals surface area contributed by atoms with Crippen molar-refractivity contribution in [3.05, 3.63) is 126 Å². The van der Waals surface area contributed by atoms with E-state index in [4.69, 9.17) is 0 Å². The molecule has 2 amide bonds. The first-order valence-electron chi connectivity index (χ1n) is 13.4. The Bertz CT molecular complexity index is 1650. The van der Waals surface area contributed by atoms with Crippen LogP contribution in [0, 0.1) is 0 Å². The number of nitrogens with zero attached hydrogens (tertiary/aromatic N) is 2. The van der Waals surface area contributed by atoms with Gasteiger partial charge in [-0.1, -0.05) is 91.0 Å². The van der Waals surface area contributed by atoms with Gasteiger partial charge in [0.25, 0.3) is 0 Å². The number of para-hydroxylation sites is 1. The highest BCUT2D eigenvalue weighted by Crippen LogP contribution is 2.34. The average molecular weight is 514 g/mol. The lowest BCUT2D eigenvalue weighted by Gasteiger charge is -2.28. The maximum Gasteiger partial charge on any atom is 0.247 e. The Balaban J connectivity index is 1.31. The molecular formula is C34H31N3O2. The summed E-state index contributed by atoms with van der Waals surface area (Å²) in [6, 6.07) is 33.3. The maximum atomic E-state index is 14.1. The number of rotatable bonds is 6. The van der Waals surface area contributed by atoms with Crippen LogP contribution in [0.15, 0.2) is 115 Å². The number of fused-ring (bicyclic) bond motifs is 3. The fraction of sp³-hybridized carbons (Fsp3) is 0.176. The second-order valence-electron chi connectivity index (χ2n) is 10.2. The Kier molecular flexibility index (Phi) is 6.49. The molecule has 5 nitrogen and oxygen atoms in total. The number of amides is 2. The second-order valence-corrected chi connectivity index (χ2v) is 10.2. The molecule has 5 aromatic rings. The predicted octanol–water partition coefficient (Wildman–Crippen LogP) is 6.74.